The molecule has 6 N–H and O–H groups in total. The van der Waals surface area contributed by atoms with Crippen molar-refractivity contribution in [2.24, 2.45) is 10.9 Å². The Bertz CT molecular complexity index is 695. The van der Waals surface area contributed by atoms with E-state index in [4.69, 9.17) is 15.7 Å². The first kappa shape index (κ1) is 14.2. The number of carbonyl (C=O) groups excluding carboxylic acids is 1. The van der Waals surface area contributed by atoms with E-state index in [-0.39, 0.29) is 28.5 Å². The third-order valence-electron chi connectivity index (χ3n) is 2.71. The lowest BCUT2D eigenvalue weighted by molar-refractivity contribution is 0.102. The topological polar surface area (TPSA) is 146 Å². The van der Waals surface area contributed by atoms with Gasteiger partial charge in [-0.2, -0.15) is 5.10 Å². The molecule has 110 valence electrons. The SMILES string of the molecule is COc1ccc(O)c(C(=O)Nc2[nH]ncc2C(N)=NO)c1. The quantitative estimate of drug-likeness (QED) is 0.239. The van der Waals surface area contributed by atoms with Crippen molar-refractivity contribution in [2.45, 2.75) is 0 Å². The van der Waals surface area contributed by atoms with Crippen molar-refractivity contribution < 1.29 is 19.8 Å². The highest BCUT2D eigenvalue weighted by Crippen LogP contribution is 2.24. The van der Waals surface area contributed by atoms with Crippen molar-refractivity contribution in [2.75, 3.05) is 12.4 Å². The number of anilines is 1. The maximum atomic E-state index is 12.1. The number of aromatic amines is 1. The van der Waals surface area contributed by atoms with Crippen LogP contribution in [0.2, 0.25) is 0 Å². The van der Waals surface area contributed by atoms with Crippen molar-refractivity contribution in [3.63, 3.8) is 0 Å². The van der Waals surface area contributed by atoms with Gasteiger partial charge >= 0.3 is 0 Å². The van der Waals surface area contributed by atoms with Crippen LogP contribution in [-0.2, 0) is 0 Å². The molecule has 0 unspecified atom stereocenters. The minimum Gasteiger partial charge on any atom is -0.507 e. The number of aromatic hydroxyl groups is 1. The fourth-order valence-electron chi connectivity index (χ4n) is 1.63. The van der Waals surface area contributed by atoms with Crippen LogP contribution in [0.25, 0.3) is 0 Å². The molecule has 0 radical (unpaired) electrons. The lowest BCUT2D eigenvalue weighted by atomic mass is 10.1. The average molecular weight is 291 g/mol. The summed E-state index contributed by atoms with van der Waals surface area (Å²) < 4.78 is 4.99. The number of hydrogen-bond donors (Lipinski definition) is 5. The first-order valence-electron chi connectivity index (χ1n) is 5.76. The number of rotatable bonds is 4. The minimum atomic E-state index is -0.609. The van der Waals surface area contributed by atoms with Crippen LogP contribution in [0.15, 0.2) is 29.6 Å². The van der Waals surface area contributed by atoms with Crippen LogP contribution in [0.4, 0.5) is 5.82 Å². The Kier molecular flexibility index (Phi) is 3.93. The van der Waals surface area contributed by atoms with Crippen molar-refractivity contribution in [1.29, 1.82) is 0 Å². The smallest absolute Gasteiger partial charge is 0.260 e. The molecule has 0 atom stereocenters. The molecule has 1 heterocycles. The number of amidine groups is 1. The molecule has 1 amide bonds. The van der Waals surface area contributed by atoms with Gasteiger partial charge in [-0.3, -0.25) is 9.89 Å². The number of benzene rings is 1. The number of carbonyl (C=O) groups is 1. The number of ether oxygens (including phenoxy) is 1. The van der Waals surface area contributed by atoms with Crippen molar-refractivity contribution in [3.8, 4) is 11.5 Å². The van der Waals surface area contributed by atoms with E-state index in [0.717, 1.165) is 0 Å². The van der Waals surface area contributed by atoms with Gasteiger partial charge in [0.25, 0.3) is 5.91 Å². The zero-order valence-corrected chi connectivity index (χ0v) is 11.0. The molecular formula is C12H13N5O4. The Balaban J connectivity index is 2.29. The molecule has 0 bridgehead atoms. The third-order valence-corrected chi connectivity index (χ3v) is 2.71. The molecule has 0 aliphatic heterocycles. The molecule has 21 heavy (non-hydrogen) atoms. The molecule has 0 saturated carbocycles. The van der Waals surface area contributed by atoms with Crippen molar-refractivity contribution in [1.82, 2.24) is 10.2 Å². The first-order valence-corrected chi connectivity index (χ1v) is 5.76. The summed E-state index contributed by atoms with van der Waals surface area (Å²) in [5.74, 6) is -0.480. The summed E-state index contributed by atoms with van der Waals surface area (Å²) in [6.45, 7) is 0. The van der Waals surface area contributed by atoms with Crippen LogP contribution < -0.4 is 15.8 Å². The second-order valence-electron chi connectivity index (χ2n) is 3.98. The molecule has 9 nitrogen and oxygen atoms in total. The van der Waals surface area contributed by atoms with Gasteiger partial charge in [0, 0.05) is 0 Å². The predicted octanol–water partition coefficient (Wildman–Crippen LogP) is 0.471. The van der Waals surface area contributed by atoms with Crippen LogP contribution in [0.3, 0.4) is 0 Å². The summed E-state index contributed by atoms with van der Waals surface area (Å²) in [6.07, 6.45) is 1.29. The maximum Gasteiger partial charge on any atom is 0.260 e. The van der Waals surface area contributed by atoms with E-state index >= 15 is 0 Å². The zero-order valence-electron chi connectivity index (χ0n) is 11.0. The Morgan fingerprint density at radius 2 is 2.24 bits per heavy atom. The summed E-state index contributed by atoms with van der Waals surface area (Å²) in [4.78, 5) is 12.1. The fraction of sp³-hybridized carbons (Fsp3) is 0.0833. The highest BCUT2D eigenvalue weighted by atomic mass is 16.5. The number of phenols is 1. The number of nitrogens with two attached hydrogens (primary N) is 1. The summed E-state index contributed by atoms with van der Waals surface area (Å²) in [6, 6.07) is 4.24. The number of oxime groups is 1. The van der Waals surface area contributed by atoms with Crippen LogP contribution in [0.1, 0.15) is 15.9 Å². The molecule has 1 aromatic heterocycles. The lowest BCUT2D eigenvalue weighted by Gasteiger charge is -2.08. The summed E-state index contributed by atoms with van der Waals surface area (Å²) >= 11 is 0. The minimum absolute atomic E-state index is 0.00871. The number of hydrogen-bond acceptors (Lipinski definition) is 6. The monoisotopic (exact) mass is 291 g/mol. The molecule has 9 heteroatoms. The van der Waals surface area contributed by atoms with Gasteiger partial charge in [0.15, 0.2) is 5.84 Å². The lowest BCUT2D eigenvalue weighted by Crippen LogP contribution is -2.18. The molecule has 2 rings (SSSR count). The van der Waals surface area contributed by atoms with Crippen LogP contribution >= 0.6 is 0 Å². The van der Waals surface area contributed by atoms with Gasteiger partial charge in [0.05, 0.1) is 24.4 Å². The molecule has 2 aromatic rings. The van der Waals surface area contributed by atoms with E-state index < -0.39 is 5.91 Å². The van der Waals surface area contributed by atoms with Crippen molar-refractivity contribution >= 4 is 17.6 Å². The Morgan fingerprint density at radius 3 is 2.90 bits per heavy atom. The predicted molar refractivity (Wildman–Crippen MR) is 73.7 cm³/mol. The standard InChI is InChI=1S/C12H13N5O4/c1-21-6-2-3-9(18)7(4-6)12(19)15-11-8(5-14-16-11)10(13)17-20/h2-5,18,20H,1H3,(H2,13,17)(H2,14,15,16,19). The molecule has 0 aliphatic rings. The molecular weight excluding hydrogens is 278 g/mol. The van der Waals surface area contributed by atoms with E-state index in [0.29, 0.717) is 5.75 Å². The molecule has 1 aromatic carbocycles. The number of nitrogens with zero attached hydrogens (tertiary/aromatic N) is 2. The van der Waals surface area contributed by atoms with Crippen molar-refractivity contribution in [3.05, 3.63) is 35.5 Å². The Labute approximate surface area is 119 Å². The average Bonchev–Trinajstić information content (AvgIpc) is 2.95. The molecule has 0 fully saturated rings. The Morgan fingerprint density at radius 1 is 1.48 bits per heavy atom. The van der Waals surface area contributed by atoms with Crippen LogP contribution in [0.5, 0.6) is 11.5 Å². The summed E-state index contributed by atoms with van der Waals surface area (Å²) in [5, 5.41) is 29.9. The molecule has 0 saturated heterocycles. The number of phenolic OH excluding ortho intramolecular Hbond substituents is 1. The van der Waals surface area contributed by atoms with Gasteiger partial charge in [0.2, 0.25) is 0 Å². The largest absolute Gasteiger partial charge is 0.507 e. The zero-order chi connectivity index (χ0) is 15.4. The maximum absolute atomic E-state index is 12.1. The van der Waals surface area contributed by atoms with Gasteiger partial charge < -0.3 is 26.1 Å². The highest BCUT2D eigenvalue weighted by molar-refractivity contribution is 6.10. The van der Waals surface area contributed by atoms with Gasteiger partial charge in [0.1, 0.15) is 17.3 Å². The van der Waals surface area contributed by atoms with E-state index in [1.807, 2.05) is 0 Å². The van der Waals surface area contributed by atoms with E-state index in [1.54, 1.807) is 0 Å². The number of aromatic nitrogens is 2. The summed E-state index contributed by atoms with van der Waals surface area (Å²) in [5.41, 5.74) is 5.67. The van der Waals surface area contributed by atoms with Gasteiger partial charge in [-0.1, -0.05) is 5.16 Å². The molecule has 0 aliphatic carbocycles. The second kappa shape index (κ2) is 5.82. The Hall–Kier alpha value is -3.23. The van der Waals surface area contributed by atoms with Gasteiger partial charge in [-0.05, 0) is 18.2 Å². The van der Waals surface area contributed by atoms with Gasteiger partial charge in [-0.15, -0.1) is 0 Å². The second-order valence-corrected chi connectivity index (χ2v) is 3.98. The van der Waals surface area contributed by atoms with Crippen LogP contribution in [-0.4, -0.2) is 39.4 Å². The fourth-order valence-corrected chi connectivity index (χ4v) is 1.63. The molecule has 0 spiro atoms. The number of H-pyrrole nitrogens is 1. The third kappa shape index (κ3) is 2.86. The van der Waals surface area contributed by atoms with E-state index in [9.17, 15) is 9.90 Å². The number of nitrogens with one attached hydrogen (secondary N) is 2. The normalized spacial score (nSPS) is 11.2. The van der Waals surface area contributed by atoms with E-state index in [1.165, 1.54) is 31.5 Å². The first-order chi connectivity index (χ1) is 10.1. The van der Waals surface area contributed by atoms with Gasteiger partial charge in [-0.25, -0.2) is 0 Å². The van der Waals surface area contributed by atoms with E-state index in [2.05, 4.69) is 20.7 Å². The number of amides is 1. The number of methoxy groups -OCH3 is 1. The highest BCUT2D eigenvalue weighted by Gasteiger charge is 2.17. The summed E-state index contributed by atoms with van der Waals surface area (Å²) in [7, 11) is 1.44. The van der Waals surface area contributed by atoms with Crippen LogP contribution in [0, 0.1) is 0 Å².